The van der Waals surface area contributed by atoms with E-state index in [9.17, 15) is 8.78 Å². The summed E-state index contributed by atoms with van der Waals surface area (Å²) in [7, 11) is 1.38. The SMILES string of the molecule is COc1cc(F)c(-c2nccn2CC2C(C)(C)C2(C)C)c(F)c1. The number of nitrogens with zero attached hydrogens (tertiary/aromatic N) is 2. The lowest BCUT2D eigenvalue weighted by Gasteiger charge is -2.11. The second kappa shape index (κ2) is 5.05. The van der Waals surface area contributed by atoms with Gasteiger partial charge in [-0.1, -0.05) is 27.7 Å². The van der Waals surface area contributed by atoms with Crippen molar-refractivity contribution in [1.82, 2.24) is 9.55 Å². The minimum Gasteiger partial charge on any atom is -0.497 e. The molecule has 1 aromatic heterocycles. The topological polar surface area (TPSA) is 27.1 Å². The fourth-order valence-corrected chi connectivity index (χ4v) is 3.55. The van der Waals surface area contributed by atoms with Gasteiger partial charge in [0.05, 0.1) is 12.7 Å². The number of imidazole rings is 1. The Morgan fingerprint density at radius 2 is 1.70 bits per heavy atom. The number of rotatable bonds is 4. The second-order valence-corrected chi connectivity index (χ2v) is 7.37. The quantitative estimate of drug-likeness (QED) is 0.828. The first-order chi connectivity index (χ1) is 10.7. The highest BCUT2D eigenvalue weighted by Gasteiger charge is 2.64. The molecule has 0 aliphatic heterocycles. The molecule has 0 radical (unpaired) electrons. The summed E-state index contributed by atoms with van der Waals surface area (Å²) >= 11 is 0. The third-order valence-corrected chi connectivity index (χ3v) is 5.89. The zero-order chi connectivity index (χ0) is 17.0. The number of halogens is 2. The van der Waals surface area contributed by atoms with Crippen LogP contribution in [0.1, 0.15) is 27.7 Å². The van der Waals surface area contributed by atoms with Gasteiger partial charge >= 0.3 is 0 Å². The fraction of sp³-hybridized carbons (Fsp3) is 0.500. The van der Waals surface area contributed by atoms with Crippen LogP contribution in [-0.4, -0.2) is 16.7 Å². The van der Waals surface area contributed by atoms with Gasteiger partial charge in [0.1, 0.15) is 23.2 Å². The summed E-state index contributed by atoms with van der Waals surface area (Å²) in [4.78, 5) is 4.18. The molecule has 0 amide bonds. The Morgan fingerprint density at radius 1 is 1.13 bits per heavy atom. The van der Waals surface area contributed by atoms with E-state index in [0.717, 1.165) is 0 Å². The zero-order valence-electron chi connectivity index (χ0n) is 14.2. The van der Waals surface area contributed by atoms with Gasteiger partial charge in [-0.25, -0.2) is 13.8 Å². The average Bonchev–Trinajstić information content (AvgIpc) is 2.82. The number of hydrogen-bond donors (Lipinski definition) is 0. The van der Waals surface area contributed by atoms with Crippen molar-refractivity contribution in [2.24, 2.45) is 16.7 Å². The first-order valence-electron chi connectivity index (χ1n) is 7.74. The van der Waals surface area contributed by atoms with Crippen LogP contribution >= 0.6 is 0 Å². The van der Waals surface area contributed by atoms with Crippen molar-refractivity contribution in [3.63, 3.8) is 0 Å². The molecule has 0 unspecified atom stereocenters. The molecule has 0 atom stereocenters. The highest BCUT2D eigenvalue weighted by atomic mass is 19.1. The molecule has 0 N–H and O–H groups in total. The van der Waals surface area contributed by atoms with Gasteiger partial charge in [-0.15, -0.1) is 0 Å². The highest BCUT2D eigenvalue weighted by Crippen LogP contribution is 2.68. The van der Waals surface area contributed by atoms with Crippen molar-refractivity contribution >= 4 is 0 Å². The van der Waals surface area contributed by atoms with Crippen molar-refractivity contribution in [3.8, 4) is 17.1 Å². The van der Waals surface area contributed by atoms with Crippen molar-refractivity contribution in [2.45, 2.75) is 34.2 Å². The van der Waals surface area contributed by atoms with Crippen LogP contribution in [0.4, 0.5) is 8.78 Å². The van der Waals surface area contributed by atoms with Crippen LogP contribution in [0.2, 0.25) is 0 Å². The molecule has 0 saturated heterocycles. The van der Waals surface area contributed by atoms with Crippen molar-refractivity contribution in [3.05, 3.63) is 36.2 Å². The first kappa shape index (κ1) is 16.0. The summed E-state index contributed by atoms with van der Waals surface area (Å²) in [6.07, 6.45) is 3.36. The fourth-order valence-electron chi connectivity index (χ4n) is 3.55. The van der Waals surface area contributed by atoms with Crippen LogP contribution in [-0.2, 0) is 6.54 Å². The van der Waals surface area contributed by atoms with Crippen LogP contribution in [0.3, 0.4) is 0 Å². The van der Waals surface area contributed by atoms with Gasteiger partial charge < -0.3 is 9.30 Å². The van der Waals surface area contributed by atoms with E-state index >= 15 is 0 Å². The van der Waals surface area contributed by atoms with Crippen molar-refractivity contribution in [1.29, 1.82) is 0 Å². The van der Waals surface area contributed by atoms with E-state index in [2.05, 4.69) is 32.7 Å². The molecular formula is C18H22F2N2O. The lowest BCUT2D eigenvalue weighted by molar-refractivity contribution is 0.407. The molecule has 23 heavy (non-hydrogen) atoms. The summed E-state index contributed by atoms with van der Waals surface area (Å²) in [6.45, 7) is 9.59. The maximum Gasteiger partial charge on any atom is 0.145 e. The lowest BCUT2D eigenvalue weighted by Crippen LogP contribution is -2.07. The standard InChI is InChI=1S/C18H22F2N2O/c1-17(2)14(18(17,3)4)10-22-7-6-21-16(22)15-12(19)8-11(23-5)9-13(15)20/h6-9,14H,10H2,1-5H3. The van der Waals surface area contributed by atoms with E-state index in [4.69, 9.17) is 4.74 Å². The summed E-state index contributed by atoms with van der Waals surface area (Å²) in [6, 6.07) is 2.37. The maximum atomic E-state index is 14.3. The predicted molar refractivity (Wildman–Crippen MR) is 85.2 cm³/mol. The number of aromatic nitrogens is 2. The number of benzene rings is 1. The Bertz CT molecular complexity index is 712. The Balaban J connectivity index is 1.97. The largest absolute Gasteiger partial charge is 0.497 e. The van der Waals surface area contributed by atoms with E-state index < -0.39 is 11.6 Å². The molecule has 3 nitrogen and oxygen atoms in total. The average molecular weight is 320 g/mol. The van der Waals surface area contributed by atoms with Crippen LogP contribution < -0.4 is 4.74 Å². The van der Waals surface area contributed by atoms with Gasteiger partial charge in [0.15, 0.2) is 0 Å². The van der Waals surface area contributed by atoms with E-state index in [1.54, 1.807) is 12.4 Å². The third kappa shape index (κ3) is 2.33. The molecule has 3 rings (SSSR count). The highest BCUT2D eigenvalue weighted by molar-refractivity contribution is 5.59. The number of hydrogen-bond acceptors (Lipinski definition) is 2. The predicted octanol–water partition coefficient (Wildman–Crippen LogP) is 4.52. The van der Waals surface area contributed by atoms with Crippen LogP contribution in [0.15, 0.2) is 24.5 Å². The molecule has 1 aromatic carbocycles. The summed E-state index contributed by atoms with van der Waals surface area (Å²) < 4.78 is 35.4. The Kier molecular flexibility index (Phi) is 3.50. The second-order valence-electron chi connectivity index (χ2n) is 7.37. The summed E-state index contributed by atoms with van der Waals surface area (Å²) in [5, 5.41) is 0. The molecular weight excluding hydrogens is 298 g/mol. The maximum absolute atomic E-state index is 14.3. The van der Waals surface area contributed by atoms with Crippen LogP contribution in [0.5, 0.6) is 5.75 Å². The molecule has 2 aromatic rings. The van der Waals surface area contributed by atoms with Crippen molar-refractivity contribution in [2.75, 3.05) is 7.11 Å². The summed E-state index contributed by atoms with van der Waals surface area (Å²) in [5.41, 5.74) is 0.295. The smallest absolute Gasteiger partial charge is 0.145 e. The Labute approximate surface area is 135 Å². The van der Waals surface area contributed by atoms with E-state index in [0.29, 0.717) is 18.3 Å². The van der Waals surface area contributed by atoms with Crippen molar-refractivity contribution < 1.29 is 13.5 Å². The van der Waals surface area contributed by atoms with Gasteiger partial charge in [-0.05, 0) is 16.7 Å². The molecule has 5 heteroatoms. The molecule has 1 heterocycles. The minimum absolute atomic E-state index is 0.105. The molecule has 1 aliphatic rings. The zero-order valence-corrected chi connectivity index (χ0v) is 14.2. The molecule has 1 aliphatic carbocycles. The molecule has 1 saturated carbocycles. The van der Waals surface area contributed by atoms with Gasteiger partial charge in [0.25, 0.3) is 0 Å². The molecule has 0 spiro atoms. The lowest BCUT2D eigenvalue weighted by atomic mass is 10.0. The Morgan fingerprint density at radius 3 is 2.17 bits per heavy atom. The van der Waals surface area contributed by atoms with E-state index in [-0.39, 0.29) is 22.1 Å². The third-order valence-electron chi connectivity index (χ3n) is 5.89. The monoisotopic (exact) mass is 320 g/mol. The van der Waals surface area contributed by atoms with E-state index in [1.807, 2.05) is 4.57 Å². The first-order valence-corrected chi connectivity index (χ1v) is 7.74. The number of ether oxygens (including phenoxy) is 1. The van der Waals surface area contributed by atoms with Gasteiger partial charge in [0, 0.05) is 31.1 Å². The summed E-state index contributed by atoms with van der Waals surface area (Å²) in [5.74, 6) is -0.410. The van der Waals surface area contributed by atoms with Gasteiger partial charge in [-0.2, -0.15) is 0 Å². The minimum atomic E-state index is -0.663. The number of methoxy groups -OCH3 is 1. The van der Waals surface area contributed by atoms with Gasteiger partial charge in [0.2, 0.25) is 0 Å². The van der Waals surface area contributed by atoms with Crippen LogP contribution in [0, 0.1) is 28.4 Å². The van der Waals surface area contributed by atoms with Crippen LogP contribution in [0.25, 0.3) is 11.4 Å². The normalized spacial score (nSPS) is 18.9. The van der Waals surface area contributed by atoms with E-state index in [1.165, 1.54) is 19.2 Å². The molecule has 1 fully saturated rings. The Hall–Kier alpha value is -1.91. The van der Waals surface area contributed by atoms with Gasteiger partial charge in [-0.3, -0.25) is 0 Å². The molecule has 0 bridgehead atoms. The molecule has 124 valence electrons.